The van der Waals surface area contributed by atoms with Crippen molar-refractivity contribution in [3.05, 3.63) is 56.0 Å². The minimum absolute atomic E-state index is 0.0198. The van der Waals surface area contributed by atoms with Crippen LogP contribution in [0.3, 0.4) is 0 Å². The van der Waals surface area contributed by atoms with Crippen LogP contribution >= 0.6 is 15.9 Å². The Morgan fingerprint density at radius 3 is 2.68 bits per heavy atom. The molecule has 0 spiro atoms. The van der Waals surface area contributed by atoms with Gasteiger partial charge in [0.2, 0.25) is 6.79 Å². The fourth-order valence-electron chi connectivity index (χ4n) is 2.26. The summed E-state index contributed by atoms with van der Waals surface area (Å²) in [6.45, 7) is 0.0811. The van der Waals surface area contributed by atoms with E-state index in [1.54, 1.807) is 12.1 Å². The number of methoxy groups -OCH3 is 1. The van der Waals surface area contributed by atoms with Gasteiger partial charge in [-0.3, -0.25) is 10.1 Å². The smallest absolute Gasteiger partial charge is 0.342 e. The maximum atomic E-state index is 12.3. The van der Waals surface area contributed by atoms with Gasteiger partial charge in [0.1, 0.15) is 17.9 Å². The van der Waals surface area contributed by atoms with E-state index in [4.69, 9.17) is 18.9 Å². The first-order valence-electron chi connectivity index (χ1n) is 7.07. The Morgan fingerprint density at radius 1 is 1.28 bits per heavy atom. The molecule has 130 valence electrons. The van der Waals surface area contributed by atoms with Gasteiger partial charge in [0.15, 0.2) is 11.5 Å². The van der Waals surface area contributed by atoms with Crippen LogP contribution in [0.4, 0.5) is 5.69 Å². The molecule has 0 aliphatic carbocycles. The summed E-state index contributed by atoms with van der Waals surface area (Å²) in [6, 6.07) is 7.15. The third-order valence-electron chi connectivity index (χ3n) is 3.51. The summed E-state index contributed by atoms with van der Waals surface area (Å²) >= 11 is 3.37. The SMILES string of the molecule is COc1ccc([N+](=O)[O-])cc1C(=O)OCc1cc2c(cc1Br)OCO2. The zero-order chi connectivity index (χ0) is 18.0. The number of halogens is 1. The molecule has 0 radical (unpaired) electrons. The standard InChI is InChI=1S/C16H12BrNO7/c1-22-13-3-2-10(18(20)21)5-11(13)16(19)23-7-9-4-14-15(6-12(9)17)25-8-24-14/h2-6H,7-8H2,1H3. The monoisotopic (exact) mass is 409 g/mol. The van der Waals surface area contributed by atoms with E-state index in [1.165, 1.54) is 19.2 Å². The van der Waals surface area contributed by atoms with Crippen molar-refractivity contribution in [2.24, 2.45) is 0 Å². The van der Waals surface area contributed by atoms with Crippen LogP contribution < -0.4 is 14.2 Å². The van der Waals surface area contributed by atoms with Crippen molar-refractivity contribution in [2.75, 3.05) is 13.9 Å². The number of nitrogens with zero attached hydrogens (tertiary/aromatic N) is 1. The molecule has 1 heterocycles. The number of hydrogen-bond donors (Lipinski definition) is 0. The average molecular weight is 410 g/mol. The Hall–Kier alpha value is -2.81. The van der Waals surface area contributed by atoms with Gasteiger partial charge < -0.3 is 18.9 Å². The molecular weight excluding hydrogens is 398 g/mol. The Bertz CT molecular complexity index is 853. The van der Waals surface area contributed by atoms with Gasteiger partial charge in [-0.05, 0) is 18.2 Å². The molecule has 2 aromatic rings. The molecule has 0 saturated carbocycles. The molecule has 0 atom stereocenters. The van der Waals surface area contributed by atoms with E-state index in [-0.39, 0.29) is 30.4 Å². The highest BCUT2D eigenvalue weighted by Gasteiger charge is 2.21. The van der Waals surface area contributed by atoms with Gasteiger partial charge in [-0.15, -0.1) is 0 Å². The van der Waals surface area contributed by atoms with Crippen molar-refractivity contribution in [1.82, 2.24) is 0 Å². The number of nitro groups is 1. The third-order valence-corrected chi connectivity index (χ3v) is 4.25. The molecule has 0 unspecified atom stereocenters. The molecule has 9 heteroatoms. The molecule has 8 nitrogen and oxygen atoms in total. The topological polar surface area (TPSA) is 97.1 Å². The number of fused-ring (bicyclic) bond motifs is 1. The summed E-state index contributed by atoms with van der Waals surface area (Å²) < 4.78 is 21.6. The van der Waals surface area contributed by atoms with Gasteiger partial charge in [-0.25, -0.2) is 4.79 Å². The third kappa shape index (κ3) is 3.50. The number of carbonyl (C=O) groups excluding carboxylic acids is 1. The maximum absolute atomic E-state index is 12.3. The number of non-ortho nitro benzene ring substituents is 1. The van der Waals surface area contributed by atoms with Crippen LogP contribution in [0.1, 0.15) is 15.9 Å². The Labute approximate surface area is 150 Å². The summed E-state index contributed by atoms with van der Waals surface area (Å²) in [6.07, 6.45) is 0. The van der Waals surface area contributed by atoms with Crippen molar-refractivity contribution in [3.63, 3.8) is 0 Å². The zero-order valence-corrected chi connectivity index (χ0v) is 14.6. The highest BCUT2D eigenvalue weighted by Crippen LogP contribution is 2.37. The second-order valence-electron chi connectivity index (χ2n) is 5.01. The molecule has 0 N–H and O–H groups in total. The number of ether oxygens (including phenoxy) is 4. The predicted octanol–water partition coefficient (Wildman–Crippen LogP) is 3.45. The highest BCUT2D eigenvalue weighted by molar-refractivity contribution is 9.10. The normalized spacial score (nSPS) is 11.9. The number of esters is 1. The summed E-state index contributed by atoms with van der Waals surface area (Å²) in [4.78, 5) is 22.6. The largest absolute Gasteiger partial charge is 0.496 e. The van der Waals surface area contributed by atoms with Crippen molar-refractivity contribution in [3.8, 4) is 17.2 Å². The molecule has 25 heavy (non-hydrogen) atoms. The predicted molar refractivity (Wildman–Crippen MR) is 89.0 cm³/mol. The molecule has 1 aliphatic rings. The second-order valence-corrected chi connectivity index (χ2v) is 5.87. The Balaban J connectivity index is 1.79. The van der Waals surface area contributed by atoms with Crippen molar-refractivity contribution >= 4 is 27.6 Å². The van der Waals surface area contributed by atoms with Gasteiger partial charge >= 0.3 is 5.97 Å². The van der Waals surface area contributed by atoms with E-state index in [9.17, 15) is 14.9 Å². The number of rotatable bonds is 5. The number of carbonyl (C=O) groups is 1. The lowest BCUT2D eigenvalue weighted by atomic mass is 10.1. The lowest BCUT2D eigenvalue weighted by Crippen LogP contribution is -2.08. The first-order valence-corrected chi connectivity index (χ1v) is 7.86. The molecule has 0 bridgehead atoms. The molecule has 3 rings (SSSR count). The summed E-state index contributed by atoms with van der Waals surface area (Å²) in [5, 5.41) is 10.9. The average Bonchev–Trinajstić information content (AvgIpc) is 3.05. The number of hydrogen-bond acceptors (Lipinski definition) is 7. The van der Waals surface area contributed by atoms with E-state index in [0.29, 0.717) is 21.5 Å². The zero-order valence-electron chi connectivity index (χ0n) is 13.0. The molecule has 2 aromatic carbocycles. The van der Waals surface area contributed by atoms with Gasteiger partial charge in [0, 0.05) is 22.2 Å². The van der Waals surface area contributed by atoms with E-state index in [2.05, 4.69) is 15.9 Å². The molecule has 0 fully saturated rings. The lowest BCUT2D eigenvalue weighted by molar-refractivity contribution is -0.384. The van der Waals surface area contributed by atoms with Gasteiger partial charge in [-0.1, -0.05) is 15.9 Å². The minimum atomic E-state index is -0.731. The lowest BCUT2D eigenvalue weighted by Gasteiger charge is -2.10. The van der Waals surface area contributed by atoms with Gasteiger partial charge in [0.25, 0.3) is 5.69 Å². The first-order chi connectivity index (χ1) is 12.0. The summed E-state index contributed by atoms with van der Waals surface area (Å²) in [7, 11) is 1.37. The van der Waals surface area contributed by atoms with Crippen LogP contribution in [0.2, 0.25) is 0 Å². The van der Waals surface area contributed by atoms with E-state index in [1.807, 2.05) is 0 Å². The van der Waals surface area contributed by atoms with Crippen LogP contribution in [0.25, 0.3) is 0 Å². The van der Waals surface area contributed by atoms with Gasteiger partial charge in [-0.2, -0.15) is 0 Å². The van der Waals surface area contributed by atoms with E-state index < -0.39 is 10.9 Å². The van der Waals surface area contributed by atoms with E-state index >= 15 is 0 Å². The van der Waals surface area contributed by atoms with Crippen LogP contribution in [0.15, 0.2) is 34.8 Å². The van der Waals surface area contributed by atoms with Crippen molar-refractivity contribution in [2.45, 2.75) is 6.61 Å². The quantitative estimate of drug-likeness (QED) is 0.423. The van der Waals surface area contributed by atoms with Crippen LogP contribution in [0, 0.1) is 10.1 Å². The van der Waals surface area contributed by atoms with Crippen LogP contribution in [-0.4, -0.2) is 24.8 Å². The van der Waals surface area contributed by atoms with Crippen LogP contribution in [0.5, 0.6) is 17.2 Å². The second kappa shape index (κ2) is 6.98. The van der Waals surface area contributed by atoms with Gasteiger partial charge in [0.05, 0.1) is 12.0 Å². The van der Waals surface area contributed by atoms with E-state index in [0.717, 1.165) is 6.07 Å². The number of benzene rings is 2. The molecule has 0 aromatic heterocycles. The van der Waals surface area contributed by atoms with Crippen molar-refractivity contribution < 1.29 is 28.7 Å². The highest BCUT2D eigenvalue weighted by atomic mass is 79.9. The fraction of sp³-hybridized carbons (Fsp3) is 0.188. The minimum Gasteiger partial charge on any atom is -0.496 e. The molecular formula is C16H12BrNO7. The molecule has 0 saturated heterocycles. The Morgan fingerprint density at radius 2 is 2.00 bits per heavy atom. The first kappa shape index (κ1) is 17.0. The number of nitro benzene ring substituents is 1. The molecule has 0 amide bonds. The maximum Gasteiger partial charge on any atom is 0.342 e. The summed E-state index contributed by atoms with van der Waals surface area (Å²) in [5.74, 6) is 0.620. The Kier molecular flexibility index (Phi) is 4.75. The van der Waals surface area contributed by atoms with Crippen LogP contribution in [-0.2, 0) is 11.3 Å². The summed E-state index contributed by atoms with van der Waals surface area (Å²) in [5.41, 5.74) is 0.424. The van der Waals surface area contributed by atoms with Crippen molar-refractivity contribution in [1.29, 1.82) is 0 Å². The fourth-order valence-corrected chi connectivity index (χ4v) is 2.70. The molecule has 1 aliphatic heterocycles.